The molecular weight excluding hydrogens is 228 g/mol. The summed E-state index contributed by atoms with van der Waals surface area (Å²) in [7, 11) is 0. The molecule has 3 rings (SSSR count). The molecule has 3 nitrogen and oxygen atoms in total. The van der Waals surface area contributed by atoms with Crippen LogP contribution in [0.15, 0.2) is 0 Å². The third-order valence-electron chi connectivity index (χ3n) is 5.38. The second-order valence-electron chi connectivity index (χ2n) is 6.78. The summed E-state index contributed by atoms with van der Waals surface area (Å²) in [6.07, 6.45) is 8.99. The highest BCUT2D eigenvalue weighted by Gasteiger charge is 2.42. The van der Waals surface area contributed by atoms with E-state index in [0.29, 0.717) is 0 Å². The van der Waals surface area contributed by atoms with Gasteiger partial charge in [-0.1, -0.05) is 0 Å². The van der Waals surface area contributed by atoms with Gasteiger partial charge < -0.3 is 14.6 Å². The highest BCUT2D eigenvalue weighted by atomic mass is 16.7. The molecule has 0 unspecified atom stereocenters. The predicted molar refractivity (Wildman–Crippen MR) is 69.2 cm³/mol. The number of hydrogen-bond donors (Lipinski definition) is 1. The van der Waals surface area contributed by atoms with Gasteiger partial charge in [0.05, 0.1) is 18.8 Å². The van der Waals surface area contributed by atoms with Crippen LogP contribution in [0.4, 0.5) is 0 Å². The quantitative estimate of drug-likeness (QED) is 0.782. The fraction of sp³-hybridized carbons (Fsp3) is 1.00. The Morgan fingerprint density at radius 1 is 0.833 bits per heavy atom. The minimum atomic E-state index is -0.399. The predicted octanol–water partition coefficient (Wildman–Crippen LogP) is 2.86. The zero-order valence-electron chi connectivity index (χ0n) is 11.5. The molecule has 3 aliphatic rings. The maximum Gasteiger partial charge on any atom is 0.168 e. The maximum atomic E-state index is 10.0. The van der Waals surface area contributed by atoms with E-state index in [0.717, 1.165) is 50.7 Å². The van der Waals surface area contributed by atoms with E-state index < -0.39 is 5.60 Å². The van der Waals surface area contributed by atoms with Crippen LogP contribution in [0, 0.1) is 11.8 Å². The topological polar surface area (TPSA) is 38.7 Å². The molecule has 2 saturated carbocycles. The summed E-state index contributed by atoms with van der Waals surface area (Å²) in [4.78, 5) is 0. The molecule has 1 saturated heterocycles. The van der Waals surface area contributed by atoms with Gasteiger partial charge in [-0.05, 0) is 57.3 Å². The van der Waals surface area contributed by atoms with Crippen molar-refractivity contribution in [2.45, 2.75) is 69.7 Å². The molecule has 18 heavy (non-hydrogen) atoms. The second kappa shape index (κ2) is 4.77. The number of rotatable bonds is 1. The fourth-order valence-electron chi connectivity index (χ4n) is 4.07. The summed E-state index contributed by atoms with van der Waals surface area (Å²) in [6.45, 7) is 3.53. The SMILES string of the molecule is CC1(O)CCC(C2CCC3(CC2)OCCO3)CC1. The van der Waals surface area contributed by atoms with Crippen molar-refractivity contribution in [2.24, 2.45) is 11.8 Å². The van der Waals surface area contributed by atoms with Crippen LogP contribution in [-0.4, -0.2) is 29.7 Å². The Balaban J connectivity index is 1.51. The van der Waals surface area contributed by atoms with Gasteiger partial charge in [-0.15, -0.1) is 0 Å². The van der Waals surface area contributed by atoms with Gasteiger partial charge in [-0.25, -0.2) is 0 Å². The summed E-state index contributed by atoms with van der Waals surface area (Å²) < 4.78 is 11.6. The lowest BCUT2D eigenvalue weighted by atomic mass is 9.69. The van der Waals surface area contributed by atoms with Gasteiger partial charge >= 0.3 is 0 Å². The molecule has 2 aliphatic carbocycles. The molecule has 0 bridgehead atoms. The van der Waals surface area contributed by atoms with E-state index in [1.807, 2.05) is 6.92 Å². The molecule has 0 aromatic carbocycles. The first-order valence-electron chi connectivity index (χ1n) is 7.59. The van der Waals surface area contributed by atoms with Gasteiger partial charge in [-0.2, -0.15) is 0 Å². The summed E-state index contributed by atoms with van der Waals surface area (Å²) in [6, 6.07) is 0. The van der Waals surface area contributed by atoms with Crippen LogP contribution in [0.2, 0.25) is 0 Å². The Kier molecular flexibility index (Phi) is 3.41. The van der Waals surface area contributed by atoms with E-state index >= 15 is 0 Å². The largest absolute Gasteiger partial charge is 0.390 e. The molecule has 0 aromatic heterocycles. The van der Waals surface area contributed by atoms with Crippen LogP contribution < -0.4 is 0 Å². The zero-order chi connectivity index (χ0) is 12.6. The molecule has 0 atom stereocenters. The molecule has 1 heterocycles. The Morgan fingerprint density at radius 2 is 1.28 bits per heavy atom. The standard InChI is InChI=1S/C15H26O3/c1-14(16)6-2-12(3-7-14)13-4-8-15(9-5-13)17-10-11-18-15/h12-13,16H,2-11H2,1H3. The first-order chi connectivity index (χ1) is 8.59. The molecular formula is C15H26O3. The van der Waals surface area contributed by atoms with E-state index in [4.69, 9.17) is 9.47 Å². The normalized spacial score (nSPS) is 41.3. The lowest BCUT2D eigenvalue weighted by Crippen LogP contribution is -2.39. The van der Waals surface area contributed by atoms with Gasteiger partial charge in [0.25, 0.3) is 0 Å². The summed E-state index contributed by atoms with van der Waals surface area (Å²) in [5.74, 6) is 1.44. The molecule has 0 amide bonds. The summed E-state index contributed by atoms with van der Waals surface area (Å²) in [5.41, 5.74) is -0.399. The first-order valence-corrected chi connectivity index (χ1v) is 7.59. The smallest absolute Gasteiger partial charge is 0.168 e. The van der Waals surface area contributed by atoms with Crippen molar-refractivity contribution in [3.63, 3.8) is 0 Å². The van der Waals surface area contributed by atoms with Gasteiger partial charge in [0.15, 0.2) is 5.79 Å². The highest BCUT2D eigenvalue weighted by molar-refractivity contribution is 4.89. The third-order valence-corrected chi connectivity index (χ3v) is 5.38. The van der Waals surface area contributed by atoms with Crippen LogP contribution in [0.25, 0.3) is 0 Å². The minimum absolute atomic E-state index is 0.212. The van der Waals surface area contributed by atoms with E-state index in [1.54, 1.807) is 0 Å². The van der Waals surface area contributed by atoms with E-state index in [9.17, 15) is 5.11 Å². The van der Waals surface area contributed by atoms with Gasteiger partial charge in [0, 0.05) is 12.8 Å². The van der Waals surface area contributed by atoms with E-state index in [2.05, 4.69) is 0 Å². The van der Waals surface area contributed by atoms with Crippen LogP contribution in [0.1, 0.15) is 58.3 Å². The molecule has 0 radical (unpaired) electrons. The second-order valence-corrected chi connectivity index (χ2v) is 6.78. The van der Waals surface area contributed by atoms with E-state index in [-0.39, 0.29) is 5.79 Å². The first kappa shape index (κ1) is 12.9. The number of aliphatic hydroxyl groups is 1. The van der Waals surface area contributed by atoms with Gasteiger partial charge in [0.1, 0.15) is 0 Å². The third kappa shape index (κ3) is 2.59. The molecule has 3 fully saturated rings. The zero-order valence-corrected chi connectivity index (χ0v) is 11.5. The van der Waals surface area contributed by atoms with Crippen molar-refractivity contribution < 1.29 is 14.6 Å². The molecule has 1 N–H and O–H groups in total. The van der Waals surface area contributed by atoms with Crippen molar-refractivity contribution in [3.05, 3.63) is 0 Å². The lowest BCUT2D eigenvalue weighted by molar-refractivity contribution is -0.186. The molecule has 104 valence electrons. The minimum Gasteiger partial charge on any atom is -0.390 e. The molecule has 0 aromatic rings. The average Bonchev–Trinajstić information content (AvgIpc) is 2.79. The average molecular weight is 254 g/mol. The fourth-order valence-corrected chi connectivity index (χ4v) is 4.07. The van der Waals surface area contributed by atoms with Crippen molar-refractivity contribution in [3.8, 4) is 0 Å². The maximum absolute atomic E-state index is 10.0. The molecule has 3 heteroatoms. The summed E-state index contributed by atoms with van der Waals surface area (Å²) in [5, 5.41) is 10.0. The van der Waals surface area contributed by atoms with Gasteiger partial charge in [-0.3, -0.25) is 0 Å². The number of ether oxygens (including phenoxy) is 2. The van der Waals surface area contributed by atoms with Crippen LogP contribution in [-0.2, 0) is 9.47 Å². The van der Waals surface area contributed by atoms with Crippen LogP contribution in [0.3, 0.4) is 0 Å². The van der Waals surface area contributed by atoms with Crippen molar-refractivity contribution in [1.82, 2.24) is 0 Å². The monoisotopic (exact) mass is 254 g/mol. The number of hydrogen-bond acceptors (Lipinski definition) is 3. The Morgan fingerprint density at radius 3 is 1.78 bits per heavy atom. The summed E-state index contributed by atoms with van der Waals surface area (Å²) >= 11 is 0. The van der Waals surface area contributed by atoms with Crippen molar-refractivity contribution in [1.29, 1.82) is 0 Å². The van der Waals surface area contributed by atoms with Gasteiger partial charge in [0.2, 0.25) is 0 Å². The van der Waals surface area contributed by atoms with Crippen LogP contribution in [0.5, 0.6) is 0 Å². The van der Waals surface area contributed by atoms with Crippen LogP contribution >= 0.6 is 0 Å². The lowest BCUT2D eigenvalue weighted by Gasteiger charge is -2.42. The van der Waals surface area contributed by atoms with Crippen molar-refractivity contribution >= 4 is 0 Å². The Hall–Kier alpha value is -0.120. The highest BCUT2D eigenvalue weighted by Crippen LogP contribution is 2.45. The van der Waals surface area contributed by atoms with E-state index in [1.165, 1.54) is 25.7 Å². The Labute approximate surface area is 110 Å². The Bertz CT molecular complexity index is 274. The molecule has 1 aliphatic heterocycles. The van der Waals surface area contributed by atoms with Crippen molar-refractivity contribution in [2.75, 3.05) is 13.2 Å². The molecule has 1 spiro atoms.